The third-order valence-corrected chi connectivity index (χ3v) is 6.84. The minimum absolute atomic E-state index is 0.0811. The second-order valence-electron chi connectivity index (χ2n) is 9.89. The van der Waals surface area contributed by atoms with Crippen molar-refractivity contribution in [3.63, 3.8) is 0 Å². The largest absolute Gasteiger partial charge is 0.378 e. The van der Waals surface area contributed by atoms with Crippen LogP contribution in [0.2, 0.25) is 0 Å². The Bertz CT molecular complexity index is 1310. The Morgan fingerprint density at radius 1 is 0.946 bits per heavy atom. The number of benzene rings is 3. The van der Waals surface area contributed by atoms with E-state index in [0.29, 0.717) is 11.3 Å². The Kier molecular flexibility index (Phi) is 8.09. The Morgan fingerprint density at radius 2 is 1.65 bits per heavy atom. The van der Waals surface area contributed by atoms with Crippen molar-refractivity contribution in [2.75, 3.05) is 23.9 Å². The monoisotopic (exact) mass is 499 g/mol. The number of rotatable bonds is 8. The highest BCUT2D eigenvalue weighted by molar-refractivity contribution is 5.96. The molecule has 0 unspecified atom stereocenters. The molecule has 0 saturated heterocycles. The van der Waals surface area contributed by atoms with E-state index in [-0.39, 0.29) is 23.2 Å². The minimum atomic E-state index is -1.25. The SMILES string of the molecule is [2H][C@H](c1ccc(-c2ccc(N(C)C)cc2)cc1F)N(C(=O)C1CCCCC1)c1cccc(/C=C/C(C)=O)c1. The number of halogens is 1. The van der Waals surface area contributed by atoms with Gasteiger partial charge in [-0.3, -0.25) is 9.59 Å². The van der Waals surface area contributed by atoms with Gasteiger partial charge in [0.05, 0.1) is 7.89 Å². The molecule has 0 radical (unpaired) electrons. The molecule has 37 heavy (non-hydrogen) atoms. The third-order valence-electron chi connectivity index (χ3n) is 6.84. The third kappa shape index (κ3) is 6.73. The van der Waals surface area contributed by atoms with E-state index in [2.05, 4.69) is 0 Å². The summed E-state index contributed by atoms with van der Waals surface area (Å²) in [5, 5.41) is 0. The number of amides is 1. The van der Waals surface area contributed by atoms with Gasteiger partial charge in [-0.15, -0.1) is 0 Å². The van der Waals surface area contributed by atoms with Gasteiger partial charge in [-0.2, -0.15) is 0 Å². The van der Waals surface area contributed by atoms with E-state index in [9.17, 15) is 9.59 Å². The van der Waals surface area contributed by atoms with Gasteiger partial charge in [-0.05, 0) is 72.9 Å². The van der Waals surface area contributed by atoms with Crippen molar-refractivity contribution in [1.29, 1.82) is 0 Å². The predicted molar refractivity (Wildman–Crippen MR) is 150 cm³/mol. The van der Waals surface area contributed by atoms with Gasteiger partial charge in [-0.1, -0.05) is 61.7 Å². The molecular weight excluding hydrogens is 463 g/mol. The van der Waals surface area contributed by atoms with Crippen molar-refractivity contribution in [3.8, 4) is 11.1 Å². The molecule has 0 bridgehead atoms. The topological polar surface area (TPSA) is 40.6 Å². The number of hydrogen-bond donors (Lipinski definition) is 0. The lowest BCUT2D eigenvalue weighted by Gasteiger charge is -2.30. The highest BCUT2D eigenvalue weighted by Crippen LogP contribution is 2.31. The fourth-order valence-corrected chi connectivity index (χ4v) is 4.71. The summed E-state index contributed by atoms with van der Waals surface area (Å²) in [6.45, 7) is 0.226. The Balaban J connectivity index is 1.69. The molecule has 4 nitrogen and oxygen atoms in total. The molecule has 0 heterocycles. The number of carbonyl (C=O) groups excluding carboxylic acids is 2. The molecule has 1 saturated carbocycles. The van der Waals surface area contributed by atoms with E-state index in [1.807, 2.05) is 49.3 Å². The zero-order valence-corrected chi connectivity index (χ0v) is 21.8. The van der Waals surface area contributed by atoms with Crippen molar-refractivity contribution in [1.82, 2.24) is 0 Å². The van der Waals surface area contributed by atoms with Crippen LogP contribution in [0.1, 0.15) is 51.5 Å². The van der Waals surface area contributed by atoms with Gasteiger partial charge >= 0.3 is 0 Å². The van der Waals surface area contributed by atoms with E-state index in [1.54, 1.807) is 36.4 Å². The maximum Gasteiger partial charge on any atom is 0.230 e. The van der Waals surface area contributed by atoms with Crippen molar-refractivity contribution in [3.05, 3.63) is 89.8 Å². The van der Waals surface area contributed by atoms with Crippen LogP contribution >= 0.6 is 0 Å². The molecule has 192 valence electrons. The zero-order chi connectivity index (χ0) is 27.2. The van der Waals surface area contributed by atoms with Crippen LogP contribution in [-0.2, 0) is 16.1 Å². The van der Waals surface area contributed by atoms with Crippen LogP contribution < -0.4 is 9.80 Å². The maximum absolute atomic E-state index is 15.5. The molecule has 1 atom stereocenters. The first-order chi connectivity index (χ1) is 18.2. The smallest absolute Gasteiger partial charge is 0.230 e. The Labute approximate surface area is 220 Å². The van der Waals surface area contributed by atoms with Gasteiger partial charge < -0.3 is 9.80 Å². The zero-order valence-electron chi connectivity index (χ0n) is 22.8. The van der Waals surface area contributed by atoms with Gasteiger partial charge in [0.1, 0.15) is 5.82 Å². The average Bonchev–Trinajstić information content (AvgIpc) is 2.92. The quantitative estimate of drug-likeness (QED) is 0.306. The fraction of sp³-hybridized carbons (Fsp3) is 0.312. The summed E-state index contributed by atoms with van der Waals surface area (Å²) in [6, 6.07) is 19.9. The van der Waals surface area contributed by atoms with Gasteiger partial charge in [0.15, 0.2) is 5.78 Å². The molecule has 1 aliphatic carbocycles. The molecule has 1 aliphatic rings. The molecule has 0 aromatic heterocycles. The minimum Gasteiger partial charge on any atom is -0.378 e. The van der Waals surface area contributed by atoms with Crippen LogP contribution in [0.5, 0.6) is 0 Å². The molecule has 0 N–H and O–H groups in total. The van der Waals surface area contributed by atoms with E-state index in [1.165, 1.54) is 24.0 Å². The lowest BCUT2D eigenvalue weighted by Crippen LogP contribution is -2.37. The molecule has 5 heteroatoms. The number of hydrogen-bond acceptors (Lipinski definition) is 3. The first-order valence-corrected chi connectivity index (χ1v) is 12.9. The number of nitrogens with zero attached hydrogens (tertiary/aromatic N) is 2. The first-order valence-electron chi connectivity index (χ1n) is 13.4. The van der Waals surface area contributed by atoms with E-state index < -0.39 is 12.3 Å². The lowest BCUT2D eigenvalue weighted by atomic mass is 9.88. The van der Waals surface area contributed by atoms with Gasteiger partial charge in [0, 0.05) is 37.0 Å². The normalized spacial score (nSPS) is 15.3. The maximum atomic E-state index is 15.5. The summed E-state index contributed by atoms with van der Waals surface area (Å²) in [5.41, 5.74) is 4.05. The van der Waals surface area contributed by atoms with E-state index >= 15 is 4.39 Å². The van der Waals surface area contributed by atoms with Crippen LogP contribution in [0.15, 0.2) is 72.8 Å². The summed E-state index contributed by atoms with van der Waals surface area (Å²) in [6.07, 6.45) is 7.75. The lowest BCUT2D eigenvalue weighted by molar-refractivity contribution is -0.123. The molecule has 0 spiro atoms. The van der Waals surface area contributed by atoms with Crippen molar-refractivity contribution in [2.45, 2.75) is 45.5 Å². The first kappa shape index (κ1) is 24.9. The summed E-state index contributed by atoms with van der Waals surface area (Å²) in [7, 11) is 3.93. The van der Waals surface area contributed by atoms with Gasteiger partial charge in [0.2, 0.25) is 5.91 Å². The Hall–Kier alpha value is -3.73. The molecule has 1 fully saturated rings. The van der Waals surface area contributed by atoms with Crippen LogP contribution in [0, 0.1) is 11.7 Å². The van der Waals surface area contributed by atoms with E-state index in [4.69, 9.17) is 1.37 Å². The number of carbonyl (C=O) groups is 2. The molecule has 4 rings (SSSR count). The van der Waals surface area contributed by atoms with E-state index in [0.717, 1.165) is 48.9 Å². The van der Waals surface area contributed by atoms with Crippen molar-refractivity contribution in [2.24, 2.45) is 5.92 Å². The highest BCUT2D eigenvalue weighted by atomic mass is 19.1. The average molecular weight is 500 g/mol. The second-order valence-corrected chi connectivity index (χ2v) is 9.89. The van der Waals surface area contributed by atoms with Crippen molar-refractivity contribution < 1.29 is 15.4 Å². The number of ketones is 1. The number of anilines is 2. The van der Waals surface area contributed by atoms with Gasteiger partial charge in [0.25, 0.3) is 0 Å². The standard InChI is InChI=1S/C32H35FN2O2/c1-23(36)12-13-24-8-7-11-30(20-24)35(32(37)26-9-5-4-6-10-26)22-28-15-14-27(21-31(28)33)25-16-18-29(19-17-25)34(2)3/h7-8,11-21,26H,4-6,9-10,22H2,1-3H3/b13-12+/i22D/t22-/m1/s1. The highest BCUT2D eigenvalue weighted by Gasteiger charge is 2.28. The second kappa shape index (κ2) is 12.0. The molecule has 3 aromatic carbocycles. The molecule has 0 aliphatic heterocycles. The molecule has 1 amide bonds. The van der Waals surface area contributed by atoms with Crippen LogP contribution in [-0.4, -0.2) is 25.8 Å². The summed E-state index contributed by atoms with van der Waals surface area (Å²) >= 11 is 0. The summed E-state index contributed by atoms with van der Waals surface area (Å²) in [4.78, 5) is 28.6. The van der Waals surface area contributed by atoms with Crippen LogP contribution in [0.4, 0.5) is 15.8 Å². The summed E-state index contributed by atoms with van der Waals surface area (Å²) < 4.78 is 24.6. The molecular formula is C32H35FN2O2. The predicted octanol–water partition coefficient (Wildman–Crippen LogP) is 7.27. The summed E-state index contributed by atoms with van der Waals surface area (Å²) in [5.74, 6) is -0.943. The van der Waals surface area contributed by atoms with Gasteiger partial charge in [-0.25, -0.2) is 4.39 Å². The van der Waals surface area contributed by atoms with Crippen LogP contribution in [0.3, 0.4) is 0 Å². The van der Waals surface area contributed by atoms with Crippen molar-refractivity contribution >= 4 is 29.1 Å². The van der Waals surface area contributed by atoms with Crippen LogP contribution in [0.25, 0.3) is 17.2 Å². The Morgan fingerprint density at radius 3 is 2.30 bits per heavy atom. The fourth-order valence-electron chi connectivity index (χ4n) is 4.71. The number of allylic oxidation sites excluding steroid dienone is 1. The molecule has 3 aromatic rings.